The van der Waals surface area contributed by atoms with Crippen molar-refractivity contribution in [3.8, 4) is 0 Å². The highest BCUT2D eigenvalue weighted by Crippen LogP contribution is 2.36. The molecule has 0 radical (unpaired) electrons. The summed E-state index contributed by atoms with van der Waals surface area (Å²) in [7, 11) is 0. The van der Waals surface area contributed by atoms with Crippen LogP contribution in [0, 0.1) is 5.92 Å². The summed E-state index contributed by atoms with van der Waals surface area (Å²) in [6.07, 6.45) is 6.68. The van der Waals surface area contributed by atoms with Gasteiger partial charge in [-0.05, 0) is 32.7 Å². The zero-order valence-electron chi connectivity index (χ0n) is 11.5. The van der Waals surface area contributed by atoms with Gasteiger partial charge in [-0.1, -0.05) is 19.8 Å². The van der Waals surface area contributed by atoms with Gasteiger partial charge in [-0.25, -0.2) is 0 Å². The molecule has 0 bridgehead atoms. The summed E-state index contributed by atoms with van der Waals surface area (Å²) in [5, 5.41) is 0. The van der Waals surface area contributed by atoms with Crippen LogP contribution in [-0.4, -0.2) is 42.8 Å². The minimum atomic E-state index is 0.139. The maximum Gasteiger partial charge on any atom is 0.0513 e. The zero-order valence-corrected chi connectivity index (χ0v) is 11.5. The fourth-order valence-corrected chi connectivity index (χ4v) is 3.80. The van der Waals surface area contributed by atoms with Crippen molar-refractivity contribution in [2.24, 2.45) is 11.7 Å². The summed E-state index contributed by atoms with van der Waals surface area (Å²) in [6.45, 7) is 8.33. The van der Waals surface area contributed by atoms with Gasteiger partial charge in [-0.2, -0.15) is 0 Å². The number of nitrogens with zero attached hydrogens (tertiary/aromatic N) is 1. The molecule has 2 aliphatic rings. The van der Waals surface area contributed by atoms with Crippen molar-refractivity contribution >= 4 is 0 Å². The second kappa shape index (κ2) is 5.68. The van der Waals surface area contributed by atoms with E-state index >= 15 is 0 Å². The predicted molar refractivity (Wildman–Crippen MR) is 71.0 cm³/mol. The molecule has 1 saturated carbocycles. The van der Waals surface area contributed by atoms with Crippen LogP contribution in [-0.2, 0) is 4.74 Å². The van der Waals surface area contributed by atoms with Crippen LogP contribution in [0.15, 0.2) is 0 Å². The van der Waals surface area contributed by atoms with Gasteiger partial charge in [-0.3, -0.25) is 4.90 Å². The molecule has 2 unspecified atom stereocenters. The molecular weight excluding hydrogens is 212 g/mol. The molecule has 3 heteroatoms. The van der Waals surface area contributed by atoms with E-state index in [-0.39, 0.29) is 5.54 Å². The first-order chi connectivity index (χ1) is 8.22. The fraction of sp³-hybridized carbons (Fsp3) is 1.00. The highest BCUT2D eigenvalue weighted by molar-refractivity contribution is 4.98. The van der Waals surface area contributed by atoms with Gasteiger partial charge in [0.05, 0.1) is 6.61 Å². The van der Waals surface area contributed by atoms with E-state index in [4.69, 9.17) is 10.5 Å². The Morgan fingerprint density at radius 1 is 1.29 bits per heavy atom. The standard InChI is InChI=1S/C14H28N2O/c1-3-16(13-6-4-5-7-13)14(2,11-15)12-8-9-17-10-12/h12-13H,3-11,15H2,1-2H3. The number of rotatable bonds is 5. The normalized spacial score (nSPS) is 30.0. The van der Waals surface area contributed by atoms with Crippen LogP contribution in [0.2, 0.25) is 0 Å². The molecule has 1 heterocycles. The average Bonchev–Trinajstić information content (AvgIpc) is 3.02. The first-order valence-electron chi connectivity index (χ1n) is 7.27. The highest BCUT2D eigenvalue weighted by Gasteiger charge is 2.42. The fourth-order valence-electron chi connectivity index (χ4n) is 3.80. The van der Waals surface area contributed by atoms with E-state index < -0.39 is 0 Å². The summed E-state index contributed by atoms with van der Waals surface area (Å²) in [5.41, 5.74) is 6.27. The number of ether oxygens (including phenoxy) is 1. The molecular formula is C14H28N2O. The molecule has 1 aliphatic carbocycles. The van der Waals surface area contributed by atoms with E-state index in [1.165, 1.54) is 32.1 Å². The predicted octanol–water partition coefficient (Wildman–Crippen LogP) is 2.00. The minimum Gasteiger partial charge on any atom is -0.381 e. The summed E-state index contributed by atoms with van der Waals surface area (Å²) in [5.74, 6) is 0.619. The Hall–Kier alpha value is -0.120. The lowest BCUT2D eigenvalue weighted by Crippen LogP contribution is -2.59. The Morgan fingerprint density at radius 3 is 2.47 bits per heavy atom. The minimum absolute atomic E-state index is 0.139. The Labute approximate surface area is 106 Å². The second-order valence-corrected chi connectivity index (χ2v) is 5.85. The number of nitrogens with two attached hydrogens (primary N) is 1. The summed E-state index contributed by atoms with van der Waals surface area (Å²) in [6, 6.07) is 0.758. The van der Waals surface area contributed by atoms with Gasteiger partial charge in [0.15, 0.2) is 0 Å². The molecule has 3 nitrogen and oxygen atoms in total. The molecule has 0 spiro atoms. The van der Waals surface area contributed by atoms with Gasteiger partial charge < -0.3 is 10.5 Å². The van der Waals surface area contributed by atoms with Gasteiger partial charge in [0.1, 0.15) is 0 Å². The highest BCUT2D eigenvalue weighted by atomic mass is 16.5. The molecule has 1 aliphatic heterocycles. The molecule has 2 rings (SSSR count). The molecule has 2 fully saturated rings. The van der Waals surface area contributed by atoms with Gasteiger partial charge >= 0.3 is 0 Å². The third-order valence-electron chi connectivity index (χ3n) is 4.98. The molecule has 2 atom stereocenters. The van der Waals surface area contributed by atoms with E-state index in [9.17, 15) is 0 Å². The van der Waals surface area contributed by atoms with E-state index in [0.717, 1.165) is 32.3 Å². The third kappa shape index (κ3) is 2.51. The Kier molecular flexibility index (Phi) is 4.45. The van der Waals surface area contributed by atoms with Crippen molar-refractivity contribution < 1.29 is 4.74 Å². The molecule has 17 heavy (non-hydrogen) atoms. The van der Waals surface area contributed by atoms with Gasteiger partial charge in [0, 0.05) is 30.7 Å². The lowest BCUT2D eigenvalue weighted by Gasteiger charge is -2.47. The molecule has 2 N–H and O–H groups in total. The first-order valence-corrected chi connectivity index (χ1v) is 7.27. The summed E-state index contributed by atoms with van der Waals surface area (Å²) < 4.78 is 5.58. The van der Waals surface area contributed by atoms with Crippen LogP contribution in [0.3, 0.4) is 0 Å². The lowest BCUT2D eigenvalue weighted by molar-refractivity contribution is 0.0164. The van der Waals surface area contributed by atoms with Gasteiger partial charge in [0.2, 0.25) is 0 Å². The van der Waals surface area contributed by atoms with Crippen molar-refractivity contribution in [3.63, 3.8) is 0 Å². The molecule has 0 aromatic carbocycles. The Bertz CT molecular complexity index is 234. The Morgan fingerprint density at radius 2 is 2.00 bits per heavy atom. The summed E-state index contributed by atoms with van der Waals surface area (Å²) in [4.78, 5) is 2.68. The first kappa shape index (κ1) is 13.3. The maximum atomic E-state index is 6.13. The van der Waals surface area contributed by atoms with Crippen molar-refractivity contribution in [3.05, 3.63) is 0 Å². The monoisotopic (exact) mass is 240 g/mol. The second-order valence-electron chi connectivity index (χ2n) is 5.85. The number of hydrogen-bond donors (Lipinski definition) is 1. The van der Waals surface area contributed by atoms with Crippen molar-refractivity contribution in [2.45, 2.75) is 57.5 Å². The van der Waals surface area contributed by atoms with Gasteiger partial charge in [-0.15, -0.1) is 0 Å². The van der Waals surface area contributed by atoms with Gasteiger partial charge in [0.25, 0.3) is 0 Å². The number of hydrogen-bond acceptors (Lipinski definition) is 3. The number of likely N-dealkylation sites (N-methyl/N-ethyl adjacent to an activating group) is 1. The molecule has 1 saturated heterocycles. The molecule has 0 aromatic heterocycles. The smallest absolute Gasteiger partial charge is 0.0513 e. The molecule has 0 amide bonds. The summed E-state index contributed by atoms with van der Waals surface area (Å²) >= 11 is 0. The van der Waals surface area contributed by atoms with Crippen LogP contribution in [0.4, 0.5) is 0 Å². The van der Waals surface area contributed by atoms with Crippen LogP contribution >= 0.6 is 0 Å². The molecule has 100 valence electrons. The molecule has 0 aromatic rings. The van der Waals surface area contributed by atoms with E-state index in [2.05, 4.69) is 18.7 Å². The average molecular weight is 240 g/mol. The SMILES string of the molecule is CCN(C1CCCC1)C(C)(CN)C1CCOC1. The van der Waals surface area contributed by atoms with Crippen molar-refractivity contribution in [1.29, 1.82) is 0 Å². The quantitative estimate of drug-likeness (QED) is 0.799. The van der Waals surface area contributed by atoms with E-state index in [1.807, 2.05) is 0 Å². The van der Waals surface area contributed by atoms with Crippen LogP contribution in [0.5, 0.6) is 0 Å². The van der Waals surface area contributed by atoms with Crippen LogP contribution in [0.1, 0.15) is 46.0 Å². The van der Waals surface area contributed by atoms with E-state index in [1.54, 1.807) is 0 Å². The lowest BCUT2D eigenvalue weighted by atomic mass is 9.82. The topological polar surface area (TPSA) is 38.5 Å². The van der Waals surface area contributed by atoms with Crippen LogP contribution < -0.4 is 5.73 Å². The Balaban J connectivity index is 2.11. The third-order valence-corrected chi connectivity index (χ3v) is 4.98. The zero-order chi connectivity index (χ0) is 12.3. The van der Waals surface area contributed by atoms with Crippen LogP contribution in [0.25, 0.3) is 0 Å². The maximum absolute atomic E-state index is 6.13. The van der Waals surface area contributed by atoms with Crippen molar-refractivity contribution in [2.75, 3.05) is 26.3 Å². The van der Waals surface area contributed by atoms with E-state index in [0.29, 0.717) is 5.92 Å². The largest absolute Gasteiger partial charge is 0.381 e. The van der Waals surface area contributed by atoms with Crippen molar-refractivity contribution in [1.82, 2.24) is 4.90 Å².